The van der Waals surface area contributed by atoms with E-state index >= 15 is 0 Å². The Morgan fingerprint density at radius 2 is 1.57 bits per heavy atom. The van der Waals surface area contributed by atoms with Gasteiger partial charge in [-0.3, -0.25) is 19.3 Å². The molecule has 0 saturated carbocycles. The topological polar surface area (TPSA) is 226 Å². The Hall–Kier alpha value is -4.11. The van der Waals surface area contributed by atoms with E-state index in [0.29, 0.717) is 0 Å². The van der Waals surface area contributed by atoms with Crippen LogP contribution in [0.2, 0.25) is 0 Å². The fourth-order valence-electron chi connectivity index (χ4n) is 4.11. The number of nitrogens with one attached hydrogen (secondary N) is 1. The van der Waals surface area contributed by atoms with Gasteiger partial charge in [-0.2, -0.15) is 16.8 Å². The average Bonchev–Trinajstić information content (AvgIpc) is 2.79. The first-order chi connectivity index (χ1) is 17.2. The minimum Gasteiger partial charge on any atom is -0.478 e. The third-order valence-electron chi connectivity index (χ3n) is 5.68. The number of hydrogen-bond donors (Lipinski definition) is 5. The van der Waals surface area contributed by atoms with E-state index in [9.17, 15) is 40.6 Å². The Bertz CT molecular complexity index is 1890. The van der Waals surface area contributed by atoms with Crippen LogP contribution in [0.3, 0.4) is 0 Å². The molecule has 2 aromatic carbocycles. The van der Waals surface area contributed by atoms with Gasteiger partial charge in [-0.05, 0) is 35.9 Å². The molecule has 14 heteroatoms. The number of carbonyl (C=O) groups excluding carboxylic acids is 1. The summed E-state index contributed by atoms with van der Waals surface area (Å²) in [6, 6.07) is 8.39. The lowest BCUT2D eigenvalue weighted by Gasteiger charge is -2.20. The highest BCUT2D eigenvalue weighted by molar-refractivity contribution is 7.86. The van der Waals surface area contributed by atoms with Crippen LogP contribution in [-0.2, 0) is 20.2 Å². The van der Waals surface area contributed by atoms with Gasteiger partial charge in [0.2, 0.25) is 0 Å². The van der Waals surface area contributed by atoms with Crippen LogP contribution < -0.4 is 11.1 Å². The minimum absolute atomic E-state index is 0.0704. The summed E-state index contributed by atoms with van der Waals surface area (Å²) in [4.78, 5) is 22.5. The van der Waals surface area contributed by atoms with Crippen molar-refractivity contribution >= 4 is 48.6 Å². The van der Waals surface area contributed by atoms with Gasteiger partial charge in [0.25, 0.3) is 20.2 Å². The van der Waals surface area contributed by atoms with E-state index in [1.54, 1.807) is 6.92 Å². The van der Waals surface area contributed by atoms with Crippen molar-refractivity contribution in [2.24, 2.45) is 0 Å². The summed E-state index contributed by atoms with van der Waals surface area (Å²) in [7, 11) is -10.2. The maximum atomic E-state index is 12.2. The minimum atomic E-state index is -5.12. The molecule has 0 amide bonds. The summed E-state index contributed by atoms with van der Waals surface area (Å²) < 4.78 is 74.0. The predicted octanol–water partition coefficient (Wildman–Crippen LogP) is 3.05. The molecule has 0 aromatic heterocycles. The monoisotopic (exact) mass is 546 g/mol. The molecule has 0 unspecified atom stereocenters. The zero-order valence-electron chi connectivity index (χ0n) is 18.8. The molecule has 0 spiro atoms. The smallest absolute Gasteiger partial charge is 0.336 e. The number of Topliss-reactive ketones (excluding diaryl/α,β-unsaturated/α-hetero) is 1. The van der Waals surface area contributed by atoms with E-state index in [0.717, 1.165) is 18.2 Å². The number of ketones is 1. The Balaban J connectivity index is 2.34. The lowest BCUT2D eigenvalue weighted by atomic mass is 9.89. The van der Waals surface area contributed by atoms with Crippen molar-refractivity contribution in [3.05, 3.63) is 58.9 Å². The van der Waals surface area contributed by atoms with Gasteiger partial charge in [0.1, 0.15) is 0 Å². The third kappa shape index (κ3) is 4.35. The van der Waals surface area contributed by atoms with Crippen LogP contribution in [-0.4, -0.2) is 42.8 Å². The molecule has 1 aliphatic heterocycles. The second-order valence-electron chi connectivity index (χ2n) is 7.95. The second kappa shape index (κ2) is 8.77. The Labute approximate surface area is 209 Å². The van der Waals surface area contributed by atoms with Gasteiger partial charge in [-0.1, -0.05) is 19.1 Å². The maximum absolute atomic E-state index is 12.2. The quantitative estimate of drug-likeness (QED) is 0.102. The van der Waals surface area contributed by atoms with Gasteiger partial charge in [0, 0.05) is 28.5 Å². The number of carboxylic acid groups (broad SMARTS) is 1. The lowest BCUT2D eigenvalue weighted by Crippen LogP contribution is -2.16. The van der Waals surface area contributed by atoms with Crippen molar-refractivity contribution in [2.45, 2.75) is 23.1 Å². The highest BCUT2D eigenvalue weighted by Gasteiger charge is 2.31. The van der Waals surface area contributed by atoms with Crippen molar-refractivity contribution in [1.82, 2.24) is 0 Å². The molecule has 12 nitrogen and oxygen atoms in total. The molecule has 1 heterocycles. The van der Waals surface area contributed by atoms with Crippen LogP contribution >= 0.6 is 0 Å². The molecule has 2 aromatic rings. The standard InChI is InChI=1S/C23H18N2O10S2/c1-2-17(26)10-3-4-11(14(9-10)23(27)28)18-12-5-7-15(24)21(36(29,30)31)19(12)35-20-13(18)6-8-16(25)22(20)37(32,33)34/h3-9,24H,2,25H2,1H3,(H,27,28)(H,29,30,31)(H,32,33,34). The number of benzene rings is 3. The molecule has 0 fully saturated rings. The van der Waals surface area contributed by atoms with E-state index in [1.807, 2.05) is 0 Å². The number of nitrogens with two attached hydrogens (primary N) is 1. The Kier molecular flexibility index (Phi) is 6.16. The number of nitrogen functional groups attached to an aromatic ring is 1. The molecule has 1 aliphatic carbocycles. The number of anilines is 1. The molecule has 0 saturated heterocycles. The Morgan fingerprint density at radius 3 is 2.14 bits per heavy atom. The summed E-state index contributed by atoms with van der Waals surface area (Å²) in [5, 5.41) is 17.1. The number of hydrogen-bond acceptors (Lipinski definition) is 9. The van der Waals surface area contributed by atoms with Crippen molar-refractivity contribution in [3.63, 3.8) is 0 Å². The molecular formula is C23H18N2O10S2. The van der Waals surface area contributed by atoms with Crippen LogP contribution in [0.25, 0.3) is 33.4 Å². The van der Waals surface area contributed by atoms with Gasteiger partial charge in [0.15, 0.2) is 26.9 Å². The van der Waals surface area contributed by atoms with Gasteiger partial charge < -0.3 is 15.3 Å². The van der Waals surface area contributed by atoms with Crippen LogP contribution in [0.15, 0.2) is 56.7 Å². The summed E-state index contributed by atoms with van der Waals surface area (Å²) in [6.45, 7) is 1.59. The zero-order chi connectivity index (χ0) is 27.4. The van der Waals surface area contributed by atoms with E-state index in [1.165, 1.54) is 24.3 Å². The summed E-state index contributed by atoms with van der Waals surface area (Å²) >= 11 is 0. The fourth-order valence-corrected chi connectivity index (χ4v) is 5.60. The fraction of sp³-hybridized carbons (Fsp3) is 0.0870. The molecule has 37 heavy (non-hydrogen) atoms. The van der Waals surface area contributed by atoms with Gasteiger partial charge >= 0.3 is 5.97 Å². The second-order valence-corrected chi connectivity index (χ2v) is 10.7. The molecule has 2 aliphatic rings. The molecule has 192 valence electrons. The van der Waals surface area contributed by atoms with E-state index < -0.39 is 58.4 Å². The number of carboxylic acids is 1. The largest absolute Gasteiger partial charge is 0.478 e. The first kappa shape index (κ1) is 26.0. The highest BCUT2D eigenvalue weighted by atomic mass is 32.2. The molecule has 0 radical (unpaired) electrons. The van der Waals surface area contributed by atoms with Crippen LogP contribution in [0, 0.1) is 5.41 Å². The van der Waals surface area contributed by atoms with E-state index in [4.69, 9.17) is 15.6 Å². The maximum Gasteiger partial charge on any atom is 0.336 e. The van der Waals surface area contributed by atoms with Crippen LogP contribution in [0.1, 0.15) is 34.1 Å². The van der Waals surface area contributed by atoms with Crippen molar-refractivity contribution in [2.75, 3.05) is 5.73 Å². The van der Waals surface area contributed by atoms with Crippen molar-refractivity contribution < 1.29 is 45.1 Å². The number of aromatic carboxylic acids is 1. The predicted molar refractivity (Wildman–Crippen MR) is 130 cm³/mol. The lowest BCUT2D eigenvalue weighted by molar-refractivity contribution is 0.0697. The highest BCUT2D eigenvalue weighted by Crippen LogP contribution is 2.45. The van der Waals surface area contributed by atoms with E-state index in [-0.39, 0.29) is 45.4 Å². The SMILES string of the molecule is CCC(=O)c1ccc(-c2c3ccc(=N)c(S(=O)(=O)O)c-3oc3c(S(=O)(=O)O)c(N)ccc23)c(C(=O)O)c1. The van der Waals surface area contributed by atoms with Crippen LogP contribution in [0.5, 0.6) is 0 Å². The normalized spacial score (nSPS) is 12.2. The van der Waals surface area contributed by atoms with Gasteiger partial charge in [-0.15, -0.1) is 0 Å². The molecule has 0 bridgehead atoms. The summed E-state index contributed by atoms with van der Waals surface area (Å²) in [5.41, 5.74) is 4.10. The number of fused-ring (bicyclic) bond motifs is 2. The molecule has 4 rings (SSSR count). The molecular weight excluding hydrogens is 528 g/mol. The van der Waals surface area contributed by atoms with Crippen LogP contribution in [0.4, 0.5) is 5.69 Å². The van der Waals surface area contributed by atoms with Crippen molar-refractivity contribution in [1.29, 1.82) is 5.41 Å². The van der Waals surface area contributed by atoms with Gasteiger partial charge in [0.05, 0.1) is 16.6 Å². The molecule has 6 N–H and O–H groups in total. The number of carbonyl (C=O) groups is 2. The number of rotatable bonds is 6. The average molecular weight is 547 g/mol. The van der Waals surface area contributed by atoms with Gasteiger partial charge in [-0.25, -0.2) is 4.79 Å². The zero-order valence-corrected chi connectivity index (χ0v) is 20.5. The third-order valence-corrected chi connectivity index (χ3v) is 7.53. The van der Waals surface area contributed by atoms with Crippen molar-refractivity contribution in [3.8, 4) is 22.5 Å². The summed E-state index contributed by atoms with van der Waals surface area (Å²) in [5.74, 6) is -2.49. The Morgan fingerprint density at radius 1 is 0.946 bits per heavy atom. The first-order valence-corrected chi connectivity index (χ1v) is 13.3. The molecule has 0 atom stereocenters. The first-order valence-electron chi connectivity index (χ1n) is 10.4. The van der Waals surface area contributed by atoms with E-state index in [2.05, 4.69) is 0 Å². The summed E-state index contributed by atoms with van der Waals surface area (Å²) in [6.07, 6.45) is 0.0927.